The Morgan fingerprint density at radius 1 is 0.520 bits per heavy atom. The first-order valence-corrected chi connectivity index (χ1v) is 17.7. The maximum absolute atomic E-state index is 11.1. The number of phenols is 2. The van der Waals surface area contributed by atoms with Crippen LogP contribution in [-0.4, -0.2) is 40.2 Å². The summed E-state index contributed by atoms with van der Waals surface area (Å²) in [7, 11) is 0. The van der Waals surface area contributed by atoms with Crippen LogP contribution in [0.15, 0.2) is 78.9 Å². The Bertz CT molecular complexity index is 2050. The number of nitrogens with zero attached hydrogens (tertiary/aromatic N) is 6. The predicted molar refractivity (Wildman–Crippen MR) is 205 cm³/mol. The SMILES string of the molecule is CC(C)(C)CC(C)(C)c1ccc(O)c(-n2nc3ccccc3n2)c1.CCC(C)(C)c1cc(-n2nc3ccccc3n2)c(O)c(C(C)(C)CC)c1. The fourth-order valence-electron chi connectivity index (χ4n) is 6.54. The van der Waals surface area contributed by atoms with Crippen LogP contribution in [-0.2, 0) is 16.2 Å². The molecule has 0 aliphatic heterocycles. The fraction of sp³-hybridized carbons (Fsp3) is 0.429. The molecule has 0 unspecified atom stereocenters. The molecule has 8 nitrogen and oxygen atoms in total. The van der Waals surface area contributed by atoms with Gasteiger partial charge in [-0.25, -0.2) is 0 Å². The summed E-state index contributed by atoms with van der Waals surface area (Å²) in [4.78, 5) is 3.10. The largest absolute Gasteiger partial charge is 0.506 e. The molecule has 264 valence electrons. The van der Waals surface area contributed by atoms with Crippen molar-refractivity contribution in [2.75, 3.05) is 0 Å². The minimum atomic E-state index is -0.134. The Morgan fingerprint density at radius 2 is 0.960 bits per heavy atom. The lowest BCUT2D eigenvalue weighted by Gasteiger charge is -2.33. The summed E-state index contributed by atoms with van der Waals surface area (Å²) in [6, 6.07) is 25.4. The number of hydrogen-bond acceptors (Lipinski definition) is 6. The van der Waals surface area contributed by atoms with E-state index in [1.54, 1.807) is 10.9 Å². The third-order valence-electron chi connectivity index (χ3n) is 10.1. The van der Waals surface area contributed by atoms with Gasteiger partial charge in [-0.15, -0.1) is 30.0 Å². The van der Waals surface area contributed by atoms with Gasteiger partial charge in [-0.3, -0.25) is 0 Å². The van der Waals surface area contributed by atoms with Gasteiger partial charge < -0.3 is 10.2 Å². The number of benzene rings is 4. The first kappa shape index (κ1) is 36.6. The highest BCUT2D eigenvalue weighted by molar-refractivity contribution is 5.74. The van der Waals surface area contributed by atoms with E-state index in [2.05, 4.69) is 103 Å². The standard InChI is InChI=1S/C22H29N3O.C20H25N3O/c1-7-21(3,4)15-13-16(22(5,6)8-2)20(26)19(14-15)25-23-17-11-9-10-12-18(17)24-25;1-19(2,3)13-20(4,5)14-10-11-18(24)17(12-14)23-21-15-8-6-7-9-16(15)22-23/h9-14,26H,7-8H2,1-6H3;6-12,24H,13H2,1-5H3. The number of rotatable bonds is 8. The van der Waals surface area contributed by atoms with E-state index >= 15 is 0 Å². The molecular formula is C42H54N6O2. The van der Waals surface area contributed by atoms with E-state index in [0.717, 1.165) is 46.9 Å². The Labute approximate surface area is 297 Å². The Kier molecular flexibility index (Phi) is 9.90. The lowest BCUT2D eigenvalue weighted by atomic mass is 9.72. The zero-order chi connectivity index (χ0) is 36.6. The normalized spacial score (nSPS) is 12.7. The van der Waals surface area contributed by atoms with Crippen LogP contribution in [0.1, 0.15) is 112 Å². The number of fused-ring (bicyclic) bond motifs is 2. The van der Waals surface area contributed by atoms with Crippen LogP contribution in [0, 0.1) is 5.41 Å². The summed E-state index contributed by atoms with van der Waals surface area (Å²) in [5.41, 5.74) is 7.96. The van der Waals surface area contributed by atoms with Crippen molar-refractivity contribution in [2.45, 2.75) is 112 Å². The highest BCUT2D eigenvalue weighted by Gasteiger charge is 2.30. The smallest absolute Gasteiger partial charge is 0.146 e. The topological polar surface area (TPSA) is 102 Å². The molecule has 0 aliphatic rings. The van der Waals surface area contributed by atoms with E-state index in [1.165, 1.54) is 15.9 Å². The van der Waals surface area contributed by atoms with Gasteiger partial charge in [-0.2, -0.15) is 0 Å². The Morgan fingerprint density at radius 3 is 1.40 bits per heavy atom. The number of aromatic nitrogens is 6. The maximum Gasteiger partial charge on any atom is 0.146 e. The number of phenolic OH excluding ortho intramolecular Hbond substituents is 2. The van der Waals surface area contributed by atoms with Gasteiger partial charge in [0.25, 0.3) is 0 Å². The fourth-order valence-corrected chi connectivity index (χ4v) is 6.54. The zero-order valence-corrected chi connectivity index (χ0v) is 31.7. The lowest BCUT2D eigenvalue weighted by Crippen LogP contribution is -2.25. The molecule has 8 heteroatoms. The third kappa shape index (κ3) is 7.69. The van der Waals surface area contributed by atoms with E-state index in [9.17, 15) is 10.2 Å². The zero-order valence-electron chi connectivity index (χ0n) is 31.7. The third-order valence-corrected chi connectivity index (χ3v) is 10.1. The minimum Gasteiger partial charge on any atom is -0.506 e. The van der Waals surface area contributed by atoms with Crippen molar-refractivity contribution in [1.82, 2.24) is 30.0 Å². The van der Waals surface area contributed by atoms with Gasteiger partial charge in [-0.1, -0.05) is 113 Å². The van der Waals surface area contributed by atoms with E-state index in [4.69, 9.17) is 0 Å². The first-order chi connectivity index (χ1) is 23.3. The predicted octanol–water partition coefficient (Wildman–Crippen LogP) is 10.3. The van der Waals surface area contributed by atoms with Crippen molar-refractivity contribution in [1.29, 1.82) is 0 Å². The van der Waals surface area contributed by atoms with Gasteiger partial charge in [0.15, 0.2) is 0 Å². The summed E-state index contributed by atoms with van der Waals surface area (Å²) in [5, 5.41) is 39.6. The van der Waals surface area contributed by atoms with Crippen LogP contribution >= 0.6 is 0 Å². The van der Waals surface area contributed by atoms with Crippen molar-refractivity contribution in [2.24, 2.45) is 5.41 Å². The number of hydrogen-bond donors (Lipinski definition) is 2. The molecule has 0 aliphatic carbocycles. The van der Waals surface area contributed by atoms with Gasteiger partial charge in [0.2, 0.25) is 0 Å². The Hall–Kier alpha value is -4.72. The molecule has 0 radical (unpaired) electrons. The monoisotopic (exact) mass is 674 g/mol. The Balaban J connectivity index is 0.000000195. The van der Waals surface area contributed by atoms with Crippen molar-refractivity contribution in [3.8, 4) is 22.9 Å². The molecule has 6 rings (SSSR count). The molecule has 50 heavy (non-hydrogen) atoms. The maximum atomic E-state index is 11.1. The number of aromatic hydroxyl groups is 2. The van der Waals surface area contributed by atoms with Crippen molar-refractivity contribution >= 4 is 22.1 Å². The molecule has 4 aromatic carbocycles. The van der Waals surface area contributed by atoms with E-state index in [1.807, 2.05) is 66.7 Å². The van der Waals surface area contributed by atoms with E-state index in [-0.39, 0.29) is 33.2 Å². The summed E-state index contributed by atoms with van der Waals surface area (Å²) in [6.45, 7) is 24.4. The van der Waals surface area contributed by atoms with Crippen LogP contribution in [0.5, 0.6) is 11.5 Å². The van der Waals surface area contributed by atoms with Gasteiger partial charge in [-0.05, 0) is 94.5 Å². The van der Waals surface area contributed by atoms with Crippen LogP contribution in [0.25, 0.3) is 33.4 Å². The van der Waals surface area contributed by atoms with Crippen LogP contribution in [0.4, 0.5) is 0 Å². The van der Waals surface area contributed by atoms with Crippen molar-refractivity contribution in [3.63, 3.8) is 0 Å². The summed E-state index contributed by atoms with van der Waals surface area (Å²) in [5.74, 6) is 0.457. The van der Waals surface area contributed by atoms with Crippen LogP contribution in [0.2, 0.25) is 0 Å². The molecule has 2 heterocycles. The molecular weight excluding hydrogens is 621 g/mol. The second-order valence-corrected chi connectivity index (χ2v) is 16.6. The second-order valence-electron chi connectivity index (χ2n) is 16.6. The average molecular weight is 675 g/mol. The molecule has 0 saturated carbocycles. The van der Waals surface area contributed by atoms with Crippen LogP contribution in [0.3, 0.4) is 0 Å². The highest BCUT2D eigenvalue weighted by atomic mass is 16.3. The van der Waals surface area contributed by atoms with Crippen LogP contribution < -0.4 is 0 Å². The molecule has 0 amide bonds. The molecule has 0 fully saturated rings. The van der Waals surface area contributed by atoms with Crippen molar-refractivity contribution < 1.29 is 10.2 Å². The lowest BCUT2D eigenvalue weighted by molar-refractivity contribution is 0.284. The first-order valence-electron chi connectivity index (χ1n) is 17.7. The molecule has 0 atom stereocenters. The van der Waals surface area contributed by atoms with Gasteiger partial charge in [0.05, 0.1) is 0 Å². The van der Waals surface area contributed by atoms with Crippen molar-refractivity contribution in [3.05, 3.63) is 95.6 Å². The average Bonchev–Trinajstić information content (AvgIpc) is 3.68. The van der Waals surface area contributed by atoms with Gasteiger partial charge in [0, 0.05) is 5.56 Å². The summed E-state index contributed by atoms with van der Waals surface area (Å²) in [6.07, 6.45) is 2.99. The molecule has 0 saturated heterocycles. The van der Waals surface area contributed by atoms with E-state index in [0.29, 0.717) is 11.4 Å². The van der Waals surface area contributed by atoms with E-state index < -0.39 is 0 Å². The molecule has 0 bridgehead atoms. The summed E-state index contributed by atoms with van der Waals surface area (Å²) >= 11 is 0. The summed E-state index contributed by atoms with van der Waals surface area (Å²) < 4.78 is 0. The molecule has 2 N–H and O–H groups in total. The second kappa shape index (κ2) is 13.5. The molecule has 6 aromatic rings. The van der Waals surface area contributed by atoms with Gasteiger partial charge in [0.1, 0.15) is 44.9 Å². The molecule has 2 aromatic heterocycles. The minimum absolute atomic E-state index is 0.00667. The molecule has 0 spiro atoms. The quantitative estimate of drug-likeness (QED) is 0.167. The van der Waals surface area contributed by atoms with Gasteiger partial charge >= 0.3 is 0 Å². The highest BCUT2D eigenvalue weighted by Crippen LogP contribution is 2.42.